The first-order valence-electron chi connectivity index (χ1n) is 6.96. The highest BCUT2D eigenvalue weighted by molar-refractivity contribution is 7.89. The largest absolute Gasteiger partial charge is 0.316 e. The molecule has 2 fully saturated rings. The van der Waals surface area contributed by atoms with Crippen LogP contribution in [0, 0.1) is 0 Å². The van der Waals surface area contributed by atoms with Gasteiger partial charge in [0.05, 0.1) is 4.90 Å². The molecule has 5 nitrogen and oxygen atoms in total. The second-order valence-corrected chi connectivity index (χ2v) is 7.13. The molecule has 6 heteroatoms. The highest BCUT2D eigenvalue weighted by Gasteiger charge is 2.35. The summed E-state index contributed by atoms with van der Waals surface area (Å²) >= 11 is 0. The fourth-order valence-electron chi connectivity index (χ4n) is 2.97. The monoisotopic (exact) mass is 294 g/mol. The molecule has 3 rings (SSSR count). The zero-order chi connectivity index (χ0) is 14.2. The Morgan fingerprint density at radius 2 is 2.05 bits per heavy atom. The van der Waals surface area contributed by atoms with Crippen molar-refractivity contribution in [1.29, 1.82) is 0 Å². The molecule has 1 atom stereocenters. The van der Waals surface area contributed by atoms with Crippen LogP contribution in [0.2, 0.25) is 0 Å². The Labute approximate surface area is 119 Å². The Morgan fingerprint density at radius 1 is 1.25 bits per heavy atom. The van der Waals surface area contributed by atoms with Crippen LogP contribution in [-0.4, -0.2) is 38.3 Å². The van der Waals surface area contributed by atoms with Crippen LogP contribution in [-0.2, 0) is 14.8 Å². The average Bonchev–Trinajstić information content (AvgIpc) is 3.09. The van der Waals surface area contributed by atoms with Crippen molar-refractivity contribution in [3.8, 4) is 0 Å². The van der Waals surface area contributed by atoms with Gasteiger partial charge in [0.15, 0.2) is 0 Å². The number of nitrogens with zero attached hydrogens (tertiary/aromatic N) is 1. The molecule has 0 radical (unpaired) electrons. The zero-order valence-corrected chi connectivity index (χ0v) is 12.0. The number of amides is 1. The lowest BCUT2D eigenvalue weighted by Gasteiger charge is -2.20. The minimum absolute atomic E-state index is 0.207. The molecule has 1 aromatic rings. The normalized spacial score (nSPS) is 23.5. The standard InChI is InChI=1S/C14H18N2O3S/c17-14-6-3-9-16(14)20(18,19)13-5-2-1-4-12(13)11-7-8-15-10-11/h1-2,4-5,11,15H,3,6-10H2. The first-order valence-corrected chi connectivity index (χ1v) is 8.40. The first-order chi connectivity index (χ1) is 9.60. The van der Waals surface area contributed by atoms with Gasteiger partial charge in [-0.2, -0.15) is 0 Å². The van der Waals surface area contributed by atoms with E-state index in [0.29, 0.717) is 24.3 Å². The third-order valence-corrected chi connectivity index (χ3v) is 5.91. The van der Waals surface area contributed by atoms with Crippen molar-refractivity contribution in [3.05, 3.63) is 29.8 Å². The smallest absolute Gasteiger partial charge is 0.266 e. The predicted molar refractivity (Wildman–Crippen MR) is 74.8 cm³/mol. The van der Waals surface area contributed by atoms with E-state index in [1.165, 1.54) is 0 Å². The fourth-order valence-corrected chi connectivity index (χ4v) is 4.72. The van der Waals surface area contributed by atoms with Gasteiger partial charge in [0.1, 0.15) is 0 Å². The van der Waals surface area contributed by atoms with E-state index in [0.717, 1.165) is 29.4 Å². The first kappa shape index (κ1) is 13.6. The van der Waals surface area contributed by atoms with Gasteiger partial charge >= 0.3 is 0 Å². The summed E-state index contributed by atoms with van der Waals surface area (Å²) in [5.74, 6) is -0.0805. The van der Waals surface area contributed by atoms with E-state index in [9.17, 15) is 13.2 Å². The number of hydrogen-bond donors (Lipinski definition) is 1. The molecule has 0 aliphatic carbocycles. The van der Waals surface area contributed by atoms with Crippen molar-refractivity contribution in [2.24, 2.45) is 0 Å². The van der Waals surface area contributed by atoms with Gasteiger partial charge in [-0.15, -0.1) is 0 Å². The summed E-state index contributed by atoms with van der Waals surface area (Å²) in [5, 5.41) is 3.25. The van der Waals surface area contributed by atoms with Crippen molar-refractivity contribution in [3.63, 3.8) is 0 Å². The van der Waals surface area contributed by atoms with Crippen LogP contribution in [0.15, 0.2) is 29.2 Å². The molecule has 108 valence electrons. The quantitative estimate of drug-likeness (QED) is 0.906. The molecule has 1 unspecified atom stereocenters. The van der Waals surface area contributed by atoms with Crippen molar-refractivity contribution in [2.45, 2.75) is 30.1 Å². The summed E-state index contributed by atoms with van der Waals surface area (Å²) < 4.78 is 26.5. The highest BCUT2D eigenvalue weighted by atomic mass is 32.2. The Kier molecular flexibility index (Phi) is 3.52. The van der Waals surface area contributed by atoms with E-state index in [2.05, 4.69) is 5.32 Å². The van der Waals surface area contributed by atoms with Gasteiger partial charge in [-0.3, -0.25) is 4.79 Å². The molecule has 0 saturated carbocycles. The van der Waals surface area contributed by atoms with Crippen LogP contribution >= 0.6 is 0 Å². The van der Waals surface area contributed by atoms with Crippen molar-refractivity contribution in [2.75, 3.05) is 19.6 Å². The average molecular weight is 294 g/mol. The molecular weight excluding hydrogens is 276 g/mol. The second kappa shape index (κ2) is 5.18. The molecule has 2 heterocycles. The Morgan fingerprint density at radius 3 is 2.70 bits per heavy atom. The molecule has 0 spiro atoms. The van der Waals surface area contributed by atoms with Gasteiger partial charge in [0.25, 0.3) is 10.0 Å². The number of carbonyl (C=O) groups excluding carboxylic acids is 1. The molecule has 0 aromatic heterocycles. The minimum Gasteiger partial charge on any atom is -0.316 e. The van der Waals surface area contributed by atoms with Gasteiger partial charge in [-0.1, -0.05) is 18.2 Å². The number of hydrogen-bond acceptors (Lipinski definition) is 4. The summed E-state index contributed by atoms with van der Waals surface area (Å²) in [5.41, 5.74) is 0.831. The summed E-state index contributed by atoms with van der Waals surface area (Å²) in [6, 6.07) is 7.07. The van der Waals surface area contributed by atoms with Crippen LogP contribution < -0.4 is 5.32 Å². The van der Waals surface area contributed by atoms with Crippen LogP contribution in [0.3, 0.4) is 0 Å². The van der Waals surface area contributed by atoms with Gasteiger partial charge in [0, 0.05) is 19.5 Å². The Hall–Kier alpha value is -1.40. The van der Waals surface area contributed by atoms with E-state index in [4.69, 9.17) is 0 Å². The Bertz CT molecular complexity index is 621. The summed E-state index contributed by atoms with van der Waals surface area (Å²) in [7, 11) is -3.70. The molecule has 0 bridgehead atoms. The molecule has 20 heavy (non-hydrogen) atoms. The fraction of sp³-hybridized carbons (Fsp3) is 0.500. The topological polar surface area (TPSA) is 66.5 Å². The maximum absolute atomic E-state index is 12.7. The lowest BCUT2D eigenvalue weighted by molar-refractivity contribution is -0.123. The SMILES string of the molecule is O=C1CCCN1S(=O)(=O)c1ccccc1C1CCNC1. The van der Waals surface area contributed by atoms with Crippen LogP contribution in [0.5, 0.6) is 0 Å². The number of benzene rings is 1. The summed E-state index contributed by atoms with van der Waals surface area (Å²) in [6.45, 7) is 2.00. The number of carbonyl (C=O) groups is 1. The number of nitrogens with one attached hydrogen (secondary N) is 1. The van der Waals surface area contributed by atoms with E-state index < -0.39 is 10.0 Å². The molecule has 1 N–H and O–H groups in total. The lowest BCUT2D eigenvalue weighted by Crippen LogP contribution is -2.32. The molecular formula is C14H18N2O3S. The van der Waals surface area contributed by atoms with Crippen LogP contribution in [0.25, 0.3) is 0 Å². The van der Waals surface area contributed by atoms with Crippen LogP contribution in [0.4, 0.5) is 0 Å². The highest BCUT2D eigenvalue weighted by Crippen LogP contribution is 2.31. The van der Waals surface area contributed by atoms with E-state index in [1.807, 2.05) is 12.1 Å². The maximum atomic E-state index is 12.7. The van der Waals surface area contributed by atoms with E-state index in [-0.39, 0.29) is 11.8 Å². The minimum atomic E-state index is -3.70. The molecule has 1 amide bonds. The van der Waals surface area contributed by atoms with E-state index in [1.54, 1.807) is 12.1 Å². The molecule has 2 aliphatic rings. The molecule has 2 aliphatic heterocycles. The third kappa shape index (κ3) is 2.23. The van der Waals surface area contributed by atoms with Crippen molar-refractivity contribution >= 4 is 15.9 Å². The summed E-state index contributed by atoms with van der Waals surface area (Å²) in [4.78, 5) is 12.1. The predicted octanol–water partition coefficient (Wildman–Crippen LogP) is 1.07. The number of rotatable bonds is 3. The molecule has 1 aromatic carbocycles. The second-order valence-electron chi connectivity index (χ2n) is 5.30. The van der Waals surface area contributed by atoms with Crippen molar-refractivity contribution in [1.82, 2.24) is 9.62 Å². The summed E-state index contributed by atoms with van der Waals surface area (Å²) in [6.07, 6.45) is 1.87. The van der Waals surface area contributed by atoms with Gasteiger partial charge in [-0.25, -0.2) is 12.7 Å². The van der Waals surface area contributed by atoms with Crippen LogP contribution in [0.1, 0.15) is 30.7 Å². The molecule has 2 saturated heterocycles. The van der Waals surface area contributed by atoms with Crippen molar-refractivity contribution < 1.29 is 13.2 Å². The van der Waals surface area contributed by atoms with Gasteiger partial charge in [-0.05, 0) is 36.9 Å². The Balaban J connectivity index is 2.03. The van der Waals surface area contributed by atoms with E-state index >= 15 is 0 Å². The lowest BCUT2D eigenvalue weighted by atomic mass is 9.99. The third-order valence-electron chi connectivity index (χ3n) is 4.02. The maximum Gasteiger partial charge on any atom is 0.266 e. The van der Waals surface area contributed by atoms with Gasteiger partial charge < -0.3 is 5.32 Å². The van der Waals surface area contributed by atoms with Gasteiger partial charge in [0.2, 0.25) is 5.91 Å². The zero-order valence-electron chi connectivity index (χ0n) is 11.2. The number of sulfonamides is 1.